The normalized spacial score (nSPS) is 12.9. The molecule has 2 rings (SSSR count). The first-order chi connectivity index (χ1) is 10.2. The Morgan fingerprint density at radius 3 is 2.36 bits per heavy atom. The van der Waals surface area contributed by atoms with Gasteiger partial charge in [0.25, 0.3) is 0 Å². The van der Waals surface area contributed by atoms with Crippen molar-refractivity contribution in [2.45, 2.75) is 12.5 Å². The molecule has 2 aromatic carbocycles. The van der Waals surface area contributed by atoms with E-state index in [9.17, 15) is 19.9 Å². The van der Waals surface area contributed by atoms with E-state index in [0.29, 0.717) is 5.56 Å². The molecule has 118 valence electrons. The number of phenolic OH excluding ortho intramolecular Hbond substituents is 2. The Kier molecular flexibility index (Phi) is 4.73. The first-order valence-corrected chi connectivity index (χ1v) is 7.98. The predicted molar refractivity (Wildman–Crippen MR) is 80.5 cm³/mol. The largest absolute Gasteiger partial charge is 0.508 e. The maximum atomic E-state index is 11.1. The highest BCUT2D eigenvalue weighted by molar-refractivity contribution is 7.53. The van der Waals surface area contributed by atoms with Gasteiger partial charge in [-0.1, -0.05) is 18.2 Å². The molecule has 0 amide bonds. The number of hydrogen-bond donors (Lipinski definition) is 6. The second kappa shape index (κ2) is 6.37. The number of rotatable bonds is 5. The van der Waals surface area contributed by atoms with Crippen LogP contribution in [0.25, 0.3) is 0 Å². The quantitative estimate of drug-likeness (QED) is 0.463. The third-order valence-electron chi connectivity index (χ3n) is 3.00. The molecule has 0 fully saturated rings. The van der Waals surface area contributed by atoms with Crippen molar-refractivity contribution in [2.75, 3.05) is 5.09 Å². The monoisotopic (exact) mass is 325 g/mol. The van der Waals surface area contributed by atoms with E-state index in [2.05, 4.69) is 0 Å². The Bertz CT molecular complexity index is 714. The standard InChI is InChI=1S/C14H16NO6P/c16-10-3-1-2-9(6-10)7-14(18)12-5-4-11(17)8-13(12)15-22(19,20)21/h1-6,8,14,16-18H,7H2,(H3,15,19,20,21). The Balaban J connectivity index is 2.29. The van der Waals surface area contributed by atoms with E-state index in [1.807, 2.05) is 5.09 Å². The lowest BCUT2D eigenvalue weighted by atomic mass is 10.00. The zero-order valence-electron chi connectivity index (χ0n) is 11.4. The Morgan fingerprint density at radius 2 is 1.73 bits per heavy atom. The minimum Gasteiger partial charge on any atom is -0.508 e. The number of benzene rings is 2. The molecule has 0 aromatic heterocycles. The highest BCUT2D eigenvalue weighted by Gasteiger charge is 2.20. The van der Waals surface area contributed by atoms with Crippen molar-refractivity contribution in [1.29, 1.82) is 0 Å². The van der Waals surface area contributed by atoms with Gasteiger partial charge in [0, 0.05) is 18.1 Å². The highest BCUT2D eigenvalue weighted by atomic mass is 31.2. The molecule has 7 nitrogen and oxygen atoms in total. The van der Waals surface area contributed by atoms with Crippen LogP contribution in [0.1, 0.15) is 17.2 Å². The zero-order valence-corrected chi connectivity index (χ0v) is 12.3. The molecule has 22 heavy (non-hydrogen) atoms. The smallest absolute Gasteiger partial charge is 0.427 e. The molecule has 2 aromatic rings. The van der Waals surface area contributed by atoms with E-state index >= 15 is 0 Å². The lowest BCUT2D eigenvalue weighted by molar-refractivity contribution is 0.179. The number of phenols is 2. The van der Waals surface area contributed by atoms with Crippen LogP contribution < -0.4 is 5.09 Å². The van der Waals surface area contributed by atoms with Crippen molar-refractivity contribution in [3.8, 4) is 11.5 Å². The van der Waals surface area contributed by atoms with Crippen LogP contribution in [0.5, 0.6) is 11.5 Å². The number of hydrogen-bond acceptors (Lipinski definition) is 4. The summed E-state index contributed by atoms with van der Waals surface area (Å²) in [4.78, 5) is 18.0. The minimum absolute atomic E-state index is 0.0546. The van der Waals surface area contributed by atoms with Gasteiger partial charge in [0.2, 0.25) is 0 Å². The predicted octanol–water partition coefficient (Wildman–Crippen LogP) is 1.88. The zero-order chi connectivity index (χ0) is 16.3. The molecule has 6 N–H and O–H groups in total. The summed E-state index contributed by atoms with van der Waals surface area (Å²) in [7, 11) is -4.58. The number of aliphatic hydroxyl groups excluding tert-OH is 1. The molecular weight excluding hydrogens is 309 g/mol. The lowest BCUT2D eigenvalue weighted by Gasteiger charge is -2.18. The Labute approximate surface area is 126 Å². The maximum Gasteiger partial charge on any atom is 0.427 e. The molecule has 0 heterocycles. The lowest BCUT2D eigenvalue weighted by Crippen LogP contribution is -2.06. The van der Waals surface area contributed by atoms with Crippen LogP contribution in [0.4, 0.5) is 5.69 Å². The fourth-order valence-electron chi connectivity index (χ4n) is 2.11. The average molecular weight is 325 g/mol. The maximum absolute atomic E-state index is 11.1. The van der Waals surface area contributed by atoms with Gasteiger partial charge in [-0.05, 0) is 23.8 Å². The molecule has 0 saturated carbocycles. The van der Waals surface area contributed by atoms with Crippen LogP contribution in [-0.2, 0) is 11.0 Å². The third kappa shape index (κ3) is 4.47. The van der Waals surface area contributed by atoms with E-state index in [-0.39, 0.29) is 29.2 Å². The summed E-state index contributed by atoms with van der Waals surface area (Å²) >= 11 is 0. The Morgan fingerprint density at radius 1 is 1.05 bits per heavy atom. The van der Waals surface area contributed by atoms with Crippen molar-refractivity contribution < 1.29 is 29.7 Å². The third-order valence-corrected chi connectivity index (χ3v) is 3.53. The summed E-state index contributed by atoms with van der Waals surface area (Å²) in [6.45, 7) is 0. The van der Waals surface area contributed by atoms with Gasteiger partial charge < -0.3 is 25.1 Å². The molecule has 0 bridgehead atoms. The summed E-state index contributed by atoms with van der Waals surface area (Å²) in [6.07, 6.45) is -0.939. The molecule has 1 atom stereocenters. The number of anilines is 1. The van der Waals surface area contributed by atoms with E-state index in [1.165, 1.54) is 24.3 Å². The summed E-state index contributed by atoms with van der Waals surface area (Å²) in [5.74, 6) is -0.131. The first kappa shape index (κ1) is 16.3. The van der Waals surface area contributed by atoms with Crippen molar-refractivity contribution in [2.24, 2.45) is 0 Å². The van der Waals surface area contributed by atoms with Gasteiger partial charge in [0.15, 0.2) is 0 Å². The van der Waals surface area contributed by atoms with Gasteiger partial charge in [-0.15, -0.1) is 0 Å². The fraction of sp³-hybridized carbons (Fsp3) is 0.143. The minimum atomic E-state index is -4.58. The summed E-state index contributed by atoms with van der Waals surface area (Å²) in [6, 6.07) is 10.1. The van der Waals surface area contributed by atoms with Crippen LogP contribution >= 0.6 is 7.75 Å². The van der Waals surface area contributed by atoms with Crippen molar-refractivity contribution in [3.05, 3.63) is 53.6 Å². The fourth-order valence-corrected chi connectivity index (χ4v) is 2.61. The van der Waals surface area contributed by atoms with Crippen LogP contribution in [0.3, 0.4) is 0 Å². The molecule has 1 unspecified atom stereocenters. The SMILES string of the molecule is O=P(O)(O)Nc1cc(O)ccc1C(O)Cc1cccc(O)c1. The van der Waals surface area contributed by atoms with E-state index in [4.69, 9.17) is 9.79 Å². The molecule has 0 aliphatic carbocycles. The van der Waals surface area contributed by atoms with Crippen molar-refractivity contribution in [3.63, 3.8) is 0 Å². The number of aromatic hydroxyl groups is 2. The molecule has 0 radical (unpaired) electrons. The first-order valence-electron chi connectivity index (χ1n) is 6.37. The van der Waals surface area contributed by atoms with Crippen molar-refractivity contribution in [1.82, 2.24) is 0 Å². The van der Waals surface area contributed by atoms with E-state index < -0.39 is 13.9 Å². The number of nitrogens with one attached hydrogen (secondary N) is 1. The van der Waals surface area contributed by atoms with Crippen LogP contribution in [0, 0.1) is 0 Å². The molecular formula is C14H16NO6P. The molecule has 0 aliphatic heterocycles. The van der Waals surface area contributed by atoms with Crippen LogP contribution in [-0.4, -0.2) is 25.1 Å². The second-order valence-corrected chi connectivity index (χ2v) is 6.13. The Hall–Kier alpha value is -2.05. The van der Waals surface area contributed by atoms with Gasteiger partial charge in [-0.2, -0.15) is 0 Å². The van der Waals surface area contributed by atoms with Gasteiger partial charge in [-0.3, -0.25) is 5.09 Å². The highest BCUT2D eigenvalue weighted by Crippen LogP contribution is 2.40. The van der Waals surface area contributed by atoms with Crippen LogP contribution in [0.15, 0.2) is 42.5 Å². The molecule has 0 saturated heterocycles. The van der Waals surface area contributed by atoms with Gasteiger partial charge in [-0.25, -0.2) is 4.57 Å². The average Bonchev–Trinajstić information content (AvgIpc) is 2.36. The summed E-state index contributed by atoms with van der Waals surface area (Å²) < 4.78 is 11.1. The summed E-state index contributed by atoms with van der Waals surface area (Å²) in [5.41, 5.74) is 0.827. The van der Waals surface area contributed by atoms with Crippen molar-refractivity contribution >= 4 is 13.4 Å². The van der Waals surface area contributed by atoms with Gasteiger partial charge in [0.05, 0.1) is 11.8 Å². The molecule has 0 spiro atoms. The van der Waals surface area contributed by atoms with E-state index in [1.54, 1.807) is 12.1 Å². The number of aliphatic hydroxyl groups is 1. The molecule has 0 aliphatic rings. The summed E-state index contributed by atoms with van der Waals surface area (Å²) in [5, 5.41) is 31.1. The van der Waals surface area contributed by atoms with Gasteiger partial charge >= 0.3 is 7.75 Å². The topological polar surface area (TPSA) is 130 Å². The van der Waals surface area contributed by atoms with Gasteiger partial charge in [0.1, 0.15) is 11.5 Å². The van der Waals surface area contributed by atoms with E-state index in [0.717, 1.165) is 6.07 Å². The van der Waals surface area contributed by atoms with Crippen LogP contribution in [0.2, 0.25) is 0 Å². The second-order valence-electron chi connectivity index (χ2n) is 4.82. The molecule has 8 heteroatoms.